The van der Waals surface area contributed by atoms with Crippen LogP contribution in [0.3, 0.4) is 0 Å². The van der Waals surface area contributed by atoms with Gasteiger partial charge in [0.15, 0.2) is 0 Å². The molecule has 0 N–H and O–H groups in total. The third kappa shape index (κ3) is 11.2. The van der Waals surface area contributed by atoms with Gasteiger partial charge in [0.05, 0.1) is 0 Å². The van der Waals surface area contributed by atoms with E-state index in [1.807, 2.05) is 36.4 Å². The fourth-order valence-corrected chi connectivity index (χ4v) is 3.10. The van der Waals surface area contributed by atoms with E-state index in [-0.39, 0.29) is 0 Å². The summed E-state index contributed by atoms with van der Waals surface area (Å²) in [6.45, 7) is 2.27. The Morgan fingerprint density at radius 3 is 1.75 bits per heavy atom. The van der Waals surface area contributed by atoms with Gasteiger partial charge in [-0.15, -0.1) is 0 Å². The zero-order valence-corrected chi connectivity index (χ0v) is 15.6. The van der Waals surface area contributed by atoms with Crippen molar-refractivity contribution < 1.29 is 4.79 Å². The van der Waals surface area contributed by atoms with Gasteiger partial charge < -0.3 is 0 Å². The molecule has 0 aliphatic carbocycles. The van der Waals surface area contributed by atoms with Crippen LogP contribution in [0.1, 0.15) is 96.0 Å². The van der Waals surface area contributed by atoms with Crippen molar-refractivity contribution >= 4 is 12.4 Å². The lowest BCUT2D eigenvalue weighted by Gasteiger charge is -2.03. The molecule has 0 aliphatic heterocycles. The van der Waals surface area contributed by atoms with E-state index in [1.54, 1.807) is 0 Å². The molecule has 24 heavy (non-hydrogen) atoms. The molecule has 134 valence electrons. The number of hydrogen-bond acceptors (Lipinski definition) is 1. The van der Waals surface area contributed by atoms with Crippen molar-refractivity contribution in [3.63, 3.8) is 0 Å². The van der Waals surface area contributed by atoms with E-state index in [0.717, 1.165) is 30.3 Å². The summed E-state index contributed by atoms with van der Waals surface area (Å²) in [6, 6.07) is 10.1. The fourth-order valence-electron chi connectivity index (χ4n) is 3.10. The predicted octanol–water partition coefficient (Wildman–Crippen LogP) is 7.36. The molecule has 0 aliphatic rings. The Kier molecular flexibility index (Phi) is 13.1. The quantitative estimate of drug-likeness (QED) is 0.187. The van der Waals surface area contributed by atoms with Crippen LogP contribution < -0.4 is 0 Å². The number of rotatable bonds is 15. The molecule has 1 aromatic carbocycles. The second kappa shape index (κ2) is 15.2. The number of carbonyl (C=O) groups excluding carboxylic acids is 1. The lowest BCUT2D eigenvalue weighted by atomic mass is 10.0. The molecule has 0 saturated heterocycles. The average Bonchev–Trinajstić information content (AvgIpc) is 2.62. The van der Waals surface area contributed by atoms with Crippen LogP contribution in [0.15, 0.2) is 35.9 Å². The summed E-state index contributed by atoms with van der Waals surface area (Å²) in [5.41, 5.74) is 2.05. The van der Waals surface area contributed by atoms with E-state index in [0.29, 0.717) is 0 Å². The van der Waals surface area contributed by atoms with Crippen molar-refractivity contribution in [1.29, 1.82) is 0 Å². The van der Waals surface area contributed by atoms with Crippen LogP contribution >= 0.6 is 0 Å². The van der Waals surface area contributed by atoms with Gasteiger partial charge in [-0.3, -0.25) is 4.79 Å². The van der Waals surface area contributed by atoms with Crippen molar-refractivity contribution in [2.24, 2.45) is 0 Å². The molecule has 0 unspecified atom stereocenters. The van der Waals surface area contributed by atoms with Crippen LogP contribution in [0.4, 0.5) is 0 Å². The standard InChI is InChI=1S/C23H36O/c1-2-3-4-5-6-7-8-9-10-11-12-14-19-23(21-24)20-22-17-15-13-16-18-22/h13,15-18,20-21H,2-12,14,19H2,1H3/b23-20-. The molecule has 0 radical (unpaired) electrons. The third-order valence-electron chi connectivity index (χ3n) is 4.62. The van der Waals surface area contributed by atoms with Crippen LogP contribution in [0.2, 0.25) is 0 Å². The van der Waals surface area contributed by atoms with E-state index in [1.165, 1.54) is 70.6 Å². The van der Waals surface area contributed by atoms with Crippen LogP contribution in [-0.2, 0) is 4.79 Å². The lowest BCUT2D eigenvalue weighted by Crippen LogP contribution is -1.87. The van der Waals surface area contributed by atoms with Gasteiger partial charge in [-0.2, -0.15) is 0 Å². The monoisotopic (exact) mass is 328 g/mol. The largest absolute Gasteiger partial charge is 0.298 e. The second-order valence-electron chi connectivity index (χ2n) is 6.89. The first-order chi connectivity index (χ1) is 11.9. The highest BCUT2D eigenvalue weighted by Crippen LogP contribution is 2.15. The van der Waals surface area contributed by atoms with E-state index < -0.39 is 0 Å². The van der Waals surface area contributed by atoms with Crippen LogP contribution in [0.5, 0.6) is 0 Å². The molecule has 1 heteroatoms. The molecule has 0 fully saturated rings. The first kappa shape index (κ1) is 20.7. The Morgan fingerprint density at radius 2 is 1.25 bits per heavy atom. The van der Waals surface area contributed by atoms with Crippen molar-refractivity contribution in [2.45, 2.75) is 90.4 Å². The zero-order chi connectivity index (χ0) is 17.3. The number of benzene rings is 1. The van der Waals surface area contributed by atoms with Crippen molar-refractivity contribution in [3.8, 4) is 0 Å². The van der Waals surface area contributed by atoms with E-state index in [2.05, 4.69) is 6.92 Å². The first-order valence-corrected chi connectivity index (χ1v) is 10.1. The molecule has 1 aromatic rings. The smallest absolute Gasteiger partial charge is 0.146 e. The highest BCUT2D eigenvalue weighted by atomic mass is 16.1. The first-order valence-electron chi connectivity index (χ1n) is 10.1. The van der Waals surface area contributed by atoms with E-state index in [9.17, 15) is 4.79 Å². The second-order valence-corrected chi connectivity index (χ2v) is 6.89. The molecule has 0 spiro atoms. The minimum atomic E-state index is 0.913. The Balaban J connectivity index is 1.97. The van der Waals surface area contributed by atoms with Gasteiger partial charge in [0, 0.05) is 0 Å². The molecule has 0 saturated carbocycles. The van der Waals surface area contributed by atoms with Gasteiger partial charge in [0.1, 0.15) is 6.29 Å². The molecule has 1 rings (SSSR count). The van der Waals surface area contributed by atoms with Gasteiger partial charge in [-0.05, 0) is 30.1 Å². The molecule has 0 aromatic heterocycles. The van der Waals surface area contributed by atoms with Crippen LogP contribution in [0, 0.1) is 0 Å². The van der Waals surface area contributed by atoms with Gasteiger partial charge in [-0.25, -0.2) is 0 Å². The summed E-state index contributed by atoms with van der Waals surface area (Å²) < 4.78 is 0. The lowest BCUT2D eigenvalue weighted by molar-refractivity contribution is -0.105. The highest BCUT2D eigenvalue weighted by Gasteiger charge is 1.98. The summed E-state index contributed by atoms with van der Waals surface area (Å²) in [6.07, 6.45) is 20.2. The molecule has 0 amide bonds. The minimum absolute atomic E-state index is 0.913. The van der Waals surface area contributed by atoms with Gasteiger partial charge in [0.25, 0.3) is 0 Å². The summed E-state index contributed by atoms with van der Waals surface area (Å²) >= 11 is 0. The number of unbranched alkanes of at least 4 members (excludes halogenated alkanes) is 11. The van der Waals surface area contributed by atoms with Crippen molar-refractivity contribution in [3.05, 3.63) is 41.5 Å². The van der Waals surface area contributed by atoms with E-state index >= 15 is 0 Å². The molecular weight excluding hydrogens is 292 g/mol. The summed E-state index contributed by atoms with van der Waals surface area (Å²) in [4.78, 5) is 11.2. The highest BCUT2D eigenvalue weighted by molar-refractivity contribution is 5.81. The average molecular weight is 329 g/mol. The third-order valence-corrected chi connectivity index (χ3v) is 4.62. The maximum Gasteiger partial charge on any atom is 0.146 e. The number of allylic oxidation sites excluding steroid dienone is 1. The molecule has 1 nitrogen and oxygen atoms in total. The summed E-state index contributed by atoms with van der Waals surface area (Å²) in [5.74, 6) is 0. The Bertz CT molecular complexity index is 433. The predicted molar refractivity (Wildman–Crippen MR) is 106 cm³/mol. The van der Waals surface area contributed by atoms with Crippen molar-refractivity contribution in [1.82, 2.24) is 0 Å². The Labute approximate surface area is 149 Å². The Morgan fingerprint density at radius 1 is 0.750 bits per heavy atom. The van der Waals surface area contributed by atoms with Gasteiger partial charge >= 0.3 is 0 Å². The molecular formula is C23H36O. The number of carbonyl (C=O) groups is 1. The maximum absolute atomic E-state index is 11.2. The van der Waals surface area contributed by atoms with Crippen LogP contribution in [0.25, 0.3) is 6.08 Å². The van der Waals surface area contributed by atoms with E-state index in [4.69, 9.17) is 0 Å². The summed E-state index contributed by atoms with van der Waals surface area (Å²) in [5, 5.41) is 0. The molecule has 0 atom stereocenters. The summed E-state index contributed by atoms with van der Waals surface area (Å²) in [7, 11) is 0. The Hall–Kier alpha value is -1.37. The topological polar surface area (TPSA) is 17.1 Å². The SMILES string of the molecule is CCCCCCCCCCCCCC/C(C=O)=C/c1ccccc1. The minimum Gasteiger partial charge on any atom is -0.298 e. The van der Waals surface area contributed by atoms with Gasteiger partial charge in [-0.1, -0.05) is 108 Å². The van der Waals surface area contributed by atoms with Crippen LogP contribution in [-0.4, -0.2) is 6.29 Å². The fraction of sp³-hybridized carbons (Fsp3) is 0.609. The maximum atomic E-state index is 11.2. The van der Waals surface area contributed by atoms with Gasteiger partial charge in [0.2, 0.25) is 0 Å². The zero-order valence-electron chi connectivity index (χ0n) is 15.6. The van der Waals surface area contributed by atoms with Crippen molar-refractivity contribution in [2.75, 3.05) is 0 Å². The molecule has 0 heterocycles. The normalized spacial score (nSPS) is 11.6. The number of aldehydes is 1. The molecule has 0 bridgehead atoms. The number of hydrogen-bond donors (Lipinski definition) is 0.